The summed E-state index contributed by atoms with van der Waals surface area (Å²) in [7, 11) is 0. The minimum Gasteiger partial charge on any atom is -0.423 e. The van der Waals surface area contributed by atoms with Crippen LogP contribution in [0.25, 0.3) is 11.5 Å². The Labute approximate surface area is 85.9 Å². The van der Waals surface area contributed by atoms with Gasteiger partial charge in [-0.3, -0.25) is 0 Å². The maximum Gasteiger partial charge on any atom is 0.248 e. The van der Waals surface area contributed by atoms with Gasteiger partial charge in [-0.2, -0.15) is 0 Å². The Morgan fingerprint density at radius 3 is 2.57 bits per heavy atom. The molecule has 0 spiro atoms. The van der Waals surface area contributed by atoms with Crippen LogP contribution in [0.5, 0.6) is 0 Å². The van der Waals surface area contributed by atoms with Crippen molar-refractivity contribution >= 4 is 15.9 Å². The Bertz CT molecular complexity index is 459. The fourth-order valence-electron chi connectivity index (χ4n) is 0.977. The zero-order valence-corrected chi connectivity index (χ0v) is 8.25. The molecule has 0 aliphatic rings. The molecule has 6 heteroatoms. The Morgan fingerprint density at radius 2 is 1.93 bits per heavy atom. The molecule has 72 valence electrons. The average Bonchev–Trinajstić information content (AvgIpc) is 2.64. The van der Waals surface area contributed by atoms with Gasteiger partial charge in [0, 0.05) is 4.47 Å². The summed E-state index contributed by atoms with van der Waals surface area (Å²) >= 11 is 3.07. The second kappa shape index (κ2) is 3.45. The van der Waals surface area contributed by atoms with Crippen LogP contribution < -0.4 is 0 Å². The molecule has 1 aromatic carbocycles. The van der Waals surface area contributed by atoms with Crippen molar-refractivity contribution in [1.29, 1.82) is 0 Å². The van der Waals surface area contributed by atoms with Crippen molar-refractivity contribution in [2.24, 2.45) is 0 Å². The van der Waals surface area contributed by atoms with E-state index in [1.54, 1.807) is 0 Å². The molecule has 0 fully saturated rings. The van der Waals surface area contributed by atoms with Crippen molar-refractivity contribution in [2.75, 3.05) is 0 Å². The first-order valence-corrected chi connectivity index (χ1v) is 4.39. The van der Waals surface area contributed by atoms with E-state index in [0.717, 1.165) is 18.5 Å². The molecule has 1 heterocycles. The van der Waals surface area contributed by atoms with E-state index < -0.39 is 11.6 Å². The van der Waals surface area contributed by atoms with E-state index in [4.69, 9.17) is 4.42 Å². The van der Waals surface area contributed by atoms with E-state index in [1.807, 2.05) is 0 Å². The van der Waals surface area contributed by atoms with Gasteiger partial charge in [-0.25, -0.2) is 8.78 Å². The van der Waals surface area contributed by atoms with Crippen molar-refractivity contribution in [1.82, 2.24) is 10.2 Å². The van der Waals surface area contributed by atoms with Gasteiger partial charge in [0.2, 0.25) is 12.3 Å². The summed E-state index contributed by atoms with van der Waals surface area (Å²) in [5, 5.41) is 7.02. The monoisotopic (exact) mass is 260 g/mol. The molecule has 0 saturated heterocycles. The van der Waals surface area contributed by atoms with Crippen molar-refractivity contribution < 1.29 is 13.2 Å². The lowest BCUT2D eigenvalue weighted by Gasteiger charge is -1.99. The first kappa shape index (κ1) is 9.26. The fraction of sp³-hybridized carbons (Fsp3) is 0. The topological polar surface area (TPSA) is 38.9 Å². The number of aromatic nitrogens is 2. The SMILES string of the molecule is Fc1cc(Br)c(-c2nnco2)cc1F. The lowest BCUT2D eigenvalue weighted by molar-refractivity contribution is 0.506. The predicted molar refractivity (Wildman–Crippen MR) is 47.4 cm³/mol. The van der Waals surface area contributed by atoms with Crippen molar-refractivity contribution in [3.8, 4) is 11.5 Å². The van der Waals surface area contributed by atoms with Gasteiger partial charge in [0.15, 0.2) is 11.6 Å². The maximum atomic E-state index is 12.9. The molecule has 0 aliphatic heterocycles. The molecule has 0 aliphatic carbocycles. The highest BCUT2D eigenvalue weighted by Crippen LogP contribution is 2.28. The smallest absolute Gasteiger partial charge is 0.248 e. The molecule has 0 bridgehead atoms. The van der Waals surface area contributed by atoms with Gasteiger partial charge >= 0.3 is 0 Å². The Hall–Kier alpha value is -1.30. The van der Waals surface area contributed by atoms with E-state index >= 15 is 0 Å². The van der Waals surface area contributed by atoms with Gasteiger partial charge in [0.1, 0.15) is 0 Å². The van der Waals surface area contributed by atoms with Crippen molar-refractivity contribution in [3.05, 3.63) is 34.6 Å². The largest absolute Gasteiger partial charge is 0.423 e. The Morgan fingerprint density at radius 1 is 1.21 bits per heavy atom. The number of rotatable bonds is 1. The van der Waals surface area contributed by atoms with Gasteiger partial charge in [-0.15, -0.1) is 10.2 Å². The highest BCUT2D eigenvalue weighted by molar-refractivity contribution is 9.10. The van der Waals surface area contributed by atoms with E-state index in [1.165, 1.54) is 0 Å². The minimum atomic E-state index is -0.957. The van der Waals surface area contributed by atoms with Crippen molar-refractivity contribution in [3.63, 3.8) is 0 Å². The molecular formula is C8H3BrF2N2O. The first-order valence-electron chi connectivity index (χ1n) is 3.59. The normalized spacial score (nSPS) is 10.5. The van der Waals surface area contributed by atoms with Gasteiger partial charge in [-0.1, -0.05) is 0 Å². The molecule has 3 nitrogen and oxygen atoms in total. The zero-order valence-electron chi connectivity index (χ0n) is 6.67. The summed E-state index contributed by atoms with van der Waals surface area (Å²) in [5.74, 6) is -1.75. The molecule has 0 atom stereocenters. The van der Waals surface area contributed by atoms with E-state index in [0.29, 0.717) is 10.0 Å². The molecular weight excluding hydrogens is 258 g/mol. The van der Waals surface area contributed by atoms with E-state index in [-0.39, 0.29) is 5.89 Å². The standard InChI is InChI=1S/C8H3BrF2N2O/c9-5-2-7(11)6(10)1-4(5)8-13-12-3-14-8/h1-3H. The molecule has 14 heavy (non-hydrogen) atoms. The van der Waals surface area contributed by atoms with Gasteiger partial charge in [-0.05, 0) is 28.1 Å². The third kappa shape index (κ3) is 1.52. The van der Waals surface area contributed by atoms with Gasteiger partial charge in [0.25, 0.3) is 0 Å². The number of nitrogens with zero attached hydrogens (tertiary/aromatic N) is 2. The number of hydrogen-bond donors (Lipinski definition) is 0. The second-order valence-corrected chi connectivity index (χ2v) is 3.34. The third-order valence-electron chi connectivity index (χ3n) is 1.60. The van der Waals surface area contributed by atoms with Crippen LogP contribution in [0.4, 0.5) is 8.78 Å². The van der Waals surface area contributed by atoms with Crippen LogP contribution in [0.3, 0.4) is 0 Å². The summed E-state index contributed by atoms with van der Waals surface area (Å²) in [4.78, 5) is 0. The molecule has 0 amide bonds. The van der Waals surface area contributed by atoms with Gasteiger partial charge in [0.05, 0.1) is 5.56 Å². The van der Waals surface area contributed by atoms with Crippen LogP contribution in [-0.2, 0) is 0 Å². The first-order chi connectivity index (χ1) is 6.68. The number of hydrogen-bond acceptors (Lipinski definition) is 3. The Balaban J connectivity index is 2.60. The molecule has 0 N–H and O–H groups in total. The quantitative estimate of drug-likeness (QED) is 0.741. The fourth-order valence-corrected chi connectivity index (χ4v) is 1.46. The van der Waals surface area contributed by atoms with Crippen LogP contribution in [0.2, 0.25) is 0 Å². The summed E-state index contributed by atoms with van der Waals surface area (Å²) in [5.41, 5.74) is 0.321. The van der Waals surface area contributed by atoms with Crippen LogP contribution >= 0.6 is 15.9 Å². The van der Waals surface area contributed by atoms with Crippen LogP contribution in [0.1, 0.15) is 0 Å². The third-order valence-corrected chi connectivity index (χ3v) is 2.26. The van der Waals surface area contributed by atoms with Crippen LogP contribution in [-0.4, -0.2) is 10.2 Å². The molecule has 0 unspecified atom stereocenters. The van der Waals surface area contributed by atoms with Crippen molar-refractivity contribution in [2.45, 2.75) is 0 Å². The van der Waals surface area contributed by atoms with Gasteiger partial charge < -0.3 is 4.42 Å². The number of benzene rings is 1. The Kier molecular flexibility index (Phi) is 2.28. The van der Waals surface area contributed by atoms with E-state index in [2.05, 4.69) is 26.1 Å². The summed E-state index contributed by atoms with van der Waals surface area (Å²) in [6.07, 6.45) is 1.11. The van der Waals surface area contributed by atoms with Crippen LogP contribution in [0.15, 0.2) is 27.4 Å². The molecule has 2 rings (SSSR count). The maximum absolute atomic E-state index is 12.9. The molecule has 0 saturated carbocycles. The minimum absolute atomic E-state index is 0.135. The molecule has 2 aromatic rings. The molecule has 1 aromatic heterocycles. The highest BCUT2D eigenvalue weighted by atomic mass is 79.9. The number of halogens is 3. The zero-order chi connectivity index (χ0) is 10.1. The average molecular weight is 261 g/mol. The summed E-state index contributed by atoms with van der Waals surface area (Å²) < 4.78 is 30.8. The second-order valence-electron chi connectivity index (χ2n) is 2.49. The lowest BCUT2D eigenvalue weighted by atomic mass is 10.2. The lowest BCUT2D eigenvalue weighted by Crippen LogP contribution is -1.88. The molecule has 0 radical (unpaired) electrons. The summed E-state index contributed by atoms with van der Waals surface area (Å²) in [6, 6.07) is 2.00. The summed E-state index contributed by atoms with van der Waals surface area (Å²) in [6.45, 7) is 0. The van der Waals surface area contributed by atoms with Crippen LogP contribution in [0, 0.1) is 11.6 Å². The predicted octanol–water partition coefficient (Wildman–Crippen LogP) is 2.78. The highest BCUT2D eigenvalue weighted by Gasteiger charge is 2.12. The van der Waals surface area contributed by atoms with E-state index in [9.17, 15) is 8.78 Å².